The molecule has 7 heteroatoms. The predicted molar refractivity (Wildman–Crippen MR) is 134 cm³/mol. The molecule has 6 nitrogen and oxygen atoms in total. The van der Waals surface area contributed by atoms with E-state index in [-0.39, 0.29) is 11.5 Å². The van der Waals surface area contributed by atoms with E-state index in [2.05, 4.69) is 62.5 Å². The van der Waals surface area contributed by atoms with Crippen molar-refractivity contribution in [3.63, 3.8) is 0 Å². The van der Waals surface area contributed by atoms with E-state index in [1.807, 2.05) is 37.4 Å². The highest BCUT2D eigenvalue weighted by Crippen LogP contribution is 2.33. The molecular weight excluding hydrogens is 420 g/mol. The Morgan fingerprint density at radius 3 is 2.56 bits per heavy atom. The molecule has 0 aliphatic carbocycles. The summed E-state index contributed by atoms with van der Waals surface area (Å²) in [4.78, 5) is 22.7. The third-order valence-electron chi connectivity index (χ3n) is 5.36. The van der Waals surface area contributed by atoms with Gasteiger partial charge in [0.05, 0.1) is 11.0 Å². The first-order chi connectivity index (χ1) is 14.8. The van der Waals surface area contributed by atoms with Crippen LogP contribution in [0, 0.1) is 5.41 Å². The minimum absolute atomic E-state index is 0.184. The number of amides is 1. The van der Waals surface area contributed by atoms with E-state index in [1.54, 1.807) is 0 Å². The van der Waals surface area contributed by atoms with Crippen LogP contribution in [0.3, 0.4) is 0 Å². The minimum Gasteiger partial charge on any atom is -0.444 e. The molecule has 178 valence electrons. The Kier molecular flexibility index (Phi) is 7.50. The standard InChI is InChI=1S/C25H40N4O2S/c1-24(2,3)16-22-26-20-15-18(9-10-21(20)29(22)14-13-27(7)8)32-19-11-12-28(17-19)23(30)31-25(4,5)6/h9-10,15,19H,11-14,16-17H2,1-8H3/t19-/m0/s1. The van der Waals surface area contributed by atoms with Crippen LogP contribution in [-0.4, -0.2) is 70.0 Å². The Labute approximate surface area is 197 Å². The maximum Gasteiger partial charge on any atom is 0.410 e. The highest BCUT2D eigenvalue weighted by atomic mass is 32.2. The third kappa shape index (κ3) is 6.88. The lowest BCUT2D eigenvalue weighted by atomic mass is 9.92. The Morgan fingerprint density at radius 1 is 1.22 bits per heavy atom. The van der Waals surface area contributed by atoms with Crippen molar-refractivity contribution >= 4 is 28.9 Å². The lowest BCUT2D eigenvalue weighted by Gasteiger charge is -2.24. The molecule has 1 amide bonds. The average molecular weight is 461 g/mol. The molecule has 2 aromatic rings. The summed E-state index contributed by atoms with van der Waals surface area (Å²) in [6.45, 7) is 15.9. The molecule has 1 aliphatic rings. The van der Waals surface area contributed by atoms with Gasteiger partial charge in [-0.15, -0.1) is 11.8 Å². The maximum absolute atomic E-state index is 12.4. The van der Waals surface area contributed by atoms with Crippen LogP contribution in [-0.2, 0) is 17.7 Å². The van der Waals surface area contributed by atoms with Crippen molar-refractivity contribution in [3.05, 3.63) is 24.0 Å². The molecule has 1 aliphatic heterocycles. The number of likely N-dealkylation sites (N-methyl/N-ethyl adjacent to an activating group) is 1. The number of aromatic nitrogens is 2. The Hall–Kier alpha value is -1.73. The number of thioether (sulfide) groups is 1. The Morgan fingerprint density at radius 2 is 1.94 bits per heavy atom. The summed E-state index contributed by atoms with van der Waals surface area (Å²) in [6.07, 6.45) is 1.72. The quantitative estimate of drug-likeness (QED) is 0.586. The second-order valence-electron chi connectivity index (χ2n) is 11.3. The van der Waals surface area contributed by atoms with Crippen LogP contribution >= 0.6 is 11.8 Å². The van der Waals surface area contributed by atoms with E-state index < -0.39 is 5.60 Å². The zero-order valence-corrected chi connectivity index (χ0v) is 21.9. The van der Waals surface area contributed by atoms with Crippen molar-refractivity contribution in [1.82, 2.24) is 19.4 Å². The molecule has 0 unspecified atom stereocenters. The summed E-state index contributed by atoms with van der Waals surface area (Å²) in [6, 6.07) is 6.64. The van der Waals surface area contributed by atoms with Crippen LogP contribution in [0.1, 0.15) is 53.8 Å². The number of likely N-dealkylation sites (tertiary alicyclic amines) is 1. The first-order valence-corrected chi connectivity index (χ1v) is 12.5. The lowest BCUT2D eigenvalue weighted by Crippen LogP contribution is -2.35. The summed E-state index contributed by atoms with van der Waals surface area (Å²) in [5.74, 6) is 1.16. The van der Waals surface area contributed by atoms with E-state index in [0.717, 1.165) is 50.4 Å². The molecule has 2 heterocycles. The van der Waals surface area contributed by atoms with Gasteiger partial charge in [0.2, 0.25) is 0 Å². The van der Waals surface area contributed by atoms with Gasteiger partial charge in [-0.25, -0.2) is 9.78 Å². The van der Waals surface area contributed by atoms with Crippen molar-refractivity contribution in [2.45, 2.75) is 76.7 Å². The number of fused-ring (bicyclic) bond motifs is 1. The molecule has 0 spiro atoms. The minimum atomic E-state index is -0.455. The van der Waals surface area contributed by atoms with E-state index >= 15 is 0 Å². The number of hydrogen-bond acceptors (Lipinski definition) is 5. The highest BCUT2D eigenvalue weighted by molar-refractivity contribution is 8.00. The zero-order chi connectivity index (χ0) is 23.7. The third-order valence-corrected chi connectivity index (χ3v) is 6.60. The topological polar surface area (TPSA) is 50.6 Å². The SMILES string of the molecule is CN(C)CCn1c(CC(C)(C)C)nc2cc(S[C@H]3CCN(C(=O)OC(C)(C)C)C3)ccc21. The Bertz CT molecular complexity index is 940. The van der Waals surface area contributed by atoms with Gasteiger partial charge in [0, 0.05) is 42.7 Å². The molecule has 1 aromatic carbocycles. The highest BCUT2D eigenvalue weighted by Gasteiger charge is 2.30. The van der Waals surface area contributed by atoms with Crippen molar-refractivity contribution in [1.29, 1.82) is 0 Å². The lowest BCUT2D eigenvalue weighted by molar-refractivity contribution is 0.0295. The van der Waals surface area contributed by atoms with E-state index in [9.17, 15) is 4.79 Å². The number of rotatable bonds is 6. The molecule has 1 saturated heterocycles. The van der Waals surface area contributed by atoms with E-state index in [1.165, 1.54) is 10.4 Å². The fourth-order valence-corrected chi connectivity index (χ4v) is 5.09. The largest absolute Gasteiger partial charge is 0.444 e. The molecule has 32 heavy (non-hydrogen) atoms. The van der Waals surface area contributed by atoms with Crippen molar-refractivity contribution < 1.29 is 9.53 Å². The van der Waals surface area contributed by atoms with Crippen molar-refractivity contribution in [2.24, 2.45) is 5.41 Å². The monoisotopic (exact) mass is 460 g/mol. The number of carbonyl (C=O) groups is 1. The molecule has 0 saturated carbocycles. The van der Waals surface area contributed by atoms with Crippen molar-refractivity contribution in [2.75, 3.05) is 33.7 Å². The number of nitrogens with zero attached hydrogens (tertiary/aromatic N) is 4. The number of benzene rings is 1. The number of imidazole rings is 1. The first-order valence-electron chi connectivity index (χ1n) is 11.6. The molecule has 0 radical (unpaired) electrons. The normalized spacial score (nSPS) is 17.5. The van der Waals surface area contributed by atoms with E-state index in [0.29, 0.717) is 5.25 Å². The number of hydrogen-bond donors (Lipinski definition) is 0. The number of carbonyl (C=O) groups excluding carboxylic acids is 1. The summed E-state index contributed by atoms with van der Waals surface area (Å²) < 4.78 is 7.92. The predicted octanol–water partition coefficient (Wildman–Crippen LogP) is 5.29. The van der Waals surface area contributed by atoms with Crippen LogP contribution in [0.15, 0.2) is 23.1 Å². The summed E-state index contributed by atoms with van der Waals surface area (Å²) in [5, 5.41) is 0.379. The second kappa shape index (κ2) is 9.64. The van der Waals surface area contributed by atoms with Gasteiger partial charge in [-0.2, -0.15) is 0 Å². The molecule has 0 bridgehead atoms. The molecular formula is C25H40N4O2S. The van der Waals surface area contributed by atoms with Gasteiger partial charge >= 0.3 is 6.09 Å². The van der Waals surface area contributed by atoms with Gasteiger partial charge in [-0.3, -0.25) is 0 Å². The Balaban J connectivity index is 1.74. The average Bonchev–Trinajstić information content (AvgIpc) is 3.21. The van der Waals surface area contributed by atoms with Gasteiger partial charge in [0.25, 0.3) is 0 Å². The summed E-state index contributed by atoms with van der Waals surface area (Å²) in [7, 11) is 4.22. The van der Waals surface area contributed by atoms with Gasteiger partial charge in [0.15, 0.2) is 0 Å². The van der Waals surface area contributed by atoms with Crippen LogP contribution in [0.2, 0.25) is 0 Å². The fourth-order valence-electron chi connectivity index (χ4n) is 3.90. The maximum atomic E-state index is 12.4. The zero-order valence-electron chi connectivity index (χ0n) is 21.1. The summed E-state index contributed by atoms with van der Waals surface area (Å²) in [5.41, 5.74) is 2.00. The molecule has 0 N–H and O–H groups in total. The summed E-state index contributed by atoms with van der Waals surface area (Å²) >= 11 is 1.84. The van der Waals surface area contributed by atoms with Crippen LogP contribution < -0.4 is 0 Å². The van der Waals surface area contributed by atoms with Gasteiger partial charge < -0.3 is 19.1 Å². The van der Waals surface area contributed by atoms with Gasteiger partial charge in [-0.1, -0.05) is 20.8 Å². The van der Waals surface area contributed by atoms with Crippen molar-refractivity contribution in [3.8, 4) is 0 Å². The number of ether oxygens (including phenoxy) is 1. The van der Waals surface area contributed by atoms with Crippen LogP contribution in [0.5, 0.6) is 0 Å². The van der Waals surface area contributed by atoms with Gasteiger partial charge in [0.1, 0.15) is 11.4 Å². The molecule has 1 fully saturated rings. The second-order valence-corrected chi connectivity index (χ2v) is 12.7. The molecule has 1 aromatic heterocycles. The van der Waals surface area contributed by atoms with Crippen LogP contribution in [0.25, 0.3) is 11.0 Å². The first kappa shape index (κ1) is 24.9. The fraction of sp³-hybridized carbons (Fsp3) is 0.680. The smallest absolute Gasteiger partial charge is 0.410 e. The van der Waals surface area contributed by atoms with Crippen LogP contribution in [0.4, 0.5) is 4.79 Å². The molecule has 3 rings (SSSR count). The van der Waals surface area contributed by atoms with Gasteiger partial charge in [-0.05, 0) is 64.9 Å². The molecule has 1 atom stereocenters. The van der Waals surface area contributed by atoms with E-state index in [4.69, 9.17) is 9.72 Å².